The molecule has 17 heavy (non-hydrogen) atoms. The Hall–Kier alpha value is -1.03. The van der Waals surface area contributed by atoms with E-state index < -0.39 is 0 Å². The molecule has 4 heteroatoms. The lowest BCUT2D eigenvalue weighted by Gasteiger charge is -2.07. The smallest absolute Gasteiger partial charge is 0.217 e. The molecule has 0 N–H and O–H groups in total. The van der Waals surface area contributed by atoms with Gasteiger partial charge in [0.05, 0.1) is 18.7 Å². The van der Waals surface area contributed by atoms with Gasteiger partial charge in [0.1, 0.15) is 12.4 Å². The summed E-state index contributed by atoms with van der Waals surface area (Å²) in [6.07, 6.45) is 0. The van der Waals surface area contributed by atoms with Gasteiger partial charge in [-0.2, -0.15) is 0 Å². The first-order valence-electron chi connectivity index (χ1n) is 5.66. The predicted molar refractivity (Wildman–Crippen MR) is 71.8 cm³/mol. The molecule has 0 amide bonds. The number of hydrogen-bond donors (Lipinski definition) is 0. The quantitative estimate of drug-likeness (QED) is 0.857. The molecule has 0 saturated carbocycles. The van der Waals surface area contributed by atoms with Crippen LogP contribution in [0.15, 0.2) is 27.7 Å². The molecule has 1 atom stereocenters. The molecule has 0 radical (unpaired) electrons. The fourth-order valence-electron chi connectivity index (χ4n) is 1.67. The second-order valence-electron chi connectivity index (χ2n) is 4.40. The topological polar surface area (TPSA) is 30.8 Å². The third-order valence-corrected chi connectivity index (χ3v) is 3.54. The van der Waals surface area contributed by atoms with E-state index in [-0.39, 0.29) is 6.04 Å². The van der Waals surface area contributed by atoms with Crippen LogP contribution in [-0.4, -0.2) is 25.7 Å². The van der Waals surface area contributed by atoms with Crippen LogP contribution >= 0.6 is 15.9 Å². The number of ether oxygens (including phenoxy) is 2. The molecule has 1 heterocycles. The van der Waals surface area contributed by atoms with Gasteiger partial charge in [-0.05, 0) is 40.0 Å². The van der Waals surface area contributed by atoms with Crippen molar-refractivity contribution in [3.8, 4) is 5.75 Å². The highest BCUT2D eigenvalue weighted by atomic mass is 79.9. The van der Waals surface area contributed by atoms with Crippen molar-refractivity contribution in [3.63, 3.8) is 0 Å². The van der Waals surface area contributed by atoms with Crippen LogP contribution in [0.4, 0.5) is 0 Å². The number of rotatable bonds is 3. The van der Waals surface area contributed by atoms with Crippen molar-refractivity contribution in [2.75, 3.05) is 13.7 Å². The molecule has 0 spiro atoms. The Balaban J connectivity index is 2.31. The summed E-state index contributed by atoms with van der Waals surface area (Å²) in [5, 5.41) is 0. The molecule has 1 aromatic carbocycles. The molecule has 3 nitrogen and oxygen atoms in total. The van der Waals surface area contributed by atoms with E-state index >= 15 is 0 Å². The Kier molecular flexibility index (Phi) is 3.72. The normalized spacial score (nSPS) is 19.1. The second kappa shape index (κ2) is 5.08. The van der Waals surface area contributed by atoms with E-state index in [2.05, 4.69) is 34.8 Å². The highest BCUT2D eigenvalue weighted by molar-refractivity contribution is 9.10. The minimum atomic E-state index is 0.253. The third-order valence-electron chi connectivity index (χ3n) is 2.85. The van der Waals surface area contributed by atoms with E-state index in [1.54, 1.807) is 7.11 Å². The SMILES string of the molecule is COc1ccc(Br)c(C2=NC(C(C)C)CO2)c1. The molecule has 0 saturated heterocycles. The standard InChI is InChI=1S/C13H16BrNO2/c1-8(2)12-7-17-13(15-12)10-6-9(16-3)4-5-11(10)14/h4-6,8,12H,7H2,1-3H3. The summed E-state index contributed by atoms with van der Waals surface area (Å²) < 4.78 is 11.8. The lowest BCUT2D eigenvalue weighted by Crippen LogP contribution is -2.13. The zero-order valence-electron chi connectivity index (χ0n) is 10.2. The van der Waals surface area contributed by atoms with Crippen molar-refractivity contribution in [2.24, 2.45) is 10.9 Å². The molecule has 1 aliphatic rings. The van der Waals surface area contributed by atoms with Crippen LogP contribution in [-0.2, 0) is 4.74 Å². The average Bonchev–Trinajstić information content (AvgIpc) is 2.79. The van der Waals surface area contributed by atoms with Gasteiger partial charge in [-0.25, -0.2) is 4.99 Å². The Morgan fingerprint density at radius 3 is 2.82 bits per heavy atom. The van der Waals surface area contributed by atoms with Crippen molar-refractivity contribution in [1.82, 2.24) is 0 Å². The summed E-state index contributed by atoms with van der Waals surface area (Å²) in [5.41, 5.74) is 0.951. The summed E-state index contributed by atoms with van der Waals surface area (Å²) in [4.78, 5) is 4.60. The molecule has 1 aliphatic heterocycles. The van der Waals surface area contributed by atoms with Gasteiger partial charge in [0.15, 0.2) is 0 Å². The molecule has 0 aliphatic carbocycles. The number of aliphatic imine (C=N–C) groups is 1. The van der Waals surface area contributed by atoms with Crippen LogP contribution in [0.5, 0.6) is 5.75 Å². The van der Waals surface area contributed by atoms with E-state index in [4.69, 9.17) is 9.47 Å². The molecule has 1 unspecified atom stereocenters. The number of benzene rings is 1. The Bertz CT molecular complexity index is 443. The molecule has 0 bridgehead atoms. The van der Waals surface area contributed by atoms with Crippen molar-refractivity contribution >= 4 is 21.8 Å². The summed E-state index contributed by atoms with van der Waals surface area (Å²) >= 11 is 3.51. The Labute approximate surface area is 110 Å². The summed E-state index contributed by atoms with van der Waals surface area (Å²) in [6.45, 7) is 4.97. The third kappa shape index (κ3) is 2.63. The Morgan fingerprint density at radius 1 is 1.47 bits per heavy atom. The van der Waals surface area contributed by atoms with Gasteiger partial charge in [0.25, 0.3) is 0 Å². The number of halogens is 1. The highest BCUT2D eigenvalue weighted by Crippen LogP contribution is 2.26. The molecule has 2 rings (SSSR count). The maximum Gasteiger partial charge on any atom is 0.217 e. The van der Waals surface area contributed by atoms with Crippen molar-refractivity contribution < 1.29 is 9.47 Å². The highest BCUT2D eigenvalue weighted by Gasteiger charge is 2.24. The van der Waals surface area contributed by atoms with Crippen LogP contribution in [0.25, 0.3) is 0 Å². The maximum absolute atomic E-state index is 5.66. The fourth-order valence-corrected chi connectivity index (χ4v) is 2.09. The van der Waals surface area contributed by atoms with E-state index in [1.807, 2.05) is 18.2 Å². The van der Waals surface area contributed by atoms with Gasteiger partial charge < -0.3 is 9.47 Å². The predicted octanol–water partition coefficient (Wildman–Crippen LogP) is 3.26. The zero-order chi connectivity index (χ0) is 12.4. The molecular formula is C13H16BrNO2. The first-order chi connectivity index (χ1) is 8.11. The number of nitrogens with zero attached hydrogens (tertiary/aromatic N) is 1. The summed E-state index contributed by atoms with van der Waals surface area (Å²) in [7, 11) is 1.65. The van der Waals surface area contributed by atoms with Crippen molar-refractivity contribution in [1.29, 1.82) is 0 Å². The maximum atomic E-state index is 5.66. The van der Waals surface area contributed by atoms with Crippen molar-refractivity contribution in [3.05, 3.63) is 28.2 Å². The molecular weight excluding hydrogens is 282 g/mol. The van der Waals surface area contributed by atoms with Gasteiger partial charge in [0, 0.05) is 4.47 Å². The van der Waals surface area contributed by atoms with Gasteiger partial charge in [-0.3, -0.25) is 0 Å². The Morgan fingerprint density at radius 2 is 2.24 bits per heavy atom. The molecule has 0 fully saturated rings. The van der Waals surface area contributed by atoms with Crippen LogP contribution in [0, 0.1) is 5.92 Å². The van der Waals surface area contributed by atoms with E-state index in [0.29, 0.717) is 18.4 Å². The first-order valence-corrected chi connectivity index (χ1v) is 6.45. The van der Waals surface area contributed by atoms with Gasteiger partial charge >= 0.3 is 0 Å². The van der Waals surface area contributed by atoms with E-state index in [9.17, 15) is 0 Å². The average molecular weight is 298 g/mol. The van der Waals surface area contributed by atoms with Gasteiger partial charge in [-0.1, -0.05) is 13.8 Å². The van der Waals surface area contributed by atoms with E-state index in [0.717, 1.165) is 15.8 Å². The van der Waals surface area contributed by atoms with Gasteiger partial charge in [-0.15, -0.1) is 0 Å². The minimum absolute atomic E-state index is 0.253. The number of methoxy groups -OCH3 is 1. The van der Waals surface area contributed by atoms with Crippen LogP contribution in [0.3, 0.4) is 0 Å². The lowest BCUT2D eigenvalue weighted by atomic mass is 10.1. The summed E-state index contributed by atoms with van der Waals surface area (Å²) in [6, 6.07) is 6.04. The lowest BCUT2D eigenvalue weighted by molar-refractivity contribution is 0.291. The monoisotopic (exact) mass is 297 g/mol. The summed E-state index contributed by atoms with van der Waals surface area (Å²) in [5.74, 6) is 2.01. The minimum Gasteiger partial charge on any atom is -0.497 e. The zero-order valence-corrected chi connectivity index (χ0v) is 11.8. The number of hydrogen-bond acceptors (Lipinski definition) is 3. The van der Waals surface area contributed by atoms with Crippen LogP contribution in [0.1, 0.15) is 19.4 Å². The molecule has 92 valence electrons. The van der Waals surface area contributed by atoms with Gasteiger partial charge in [0.2, 0.25) is 5.90 Å². The van der Waals surface area contributed by atoms with Crippen LogP contribution in [0.2, 0.25) is 0 Å². The second-order valence-corrected chi connectivity index (χ2v) is 5.26. The molecule has 0 aromatic heterocycles. The first kappa shape index (κ1) is 12.4. The van der Waals surface area contributed by atoms with Crippen molar-refractivity contribution in [2.45, 2.75) is 19.9 Å². The van der Waals surface area contributed by atoms with Crippen LogP contribution < -0.4 is 4.74 Å². The largest absolute Gasteiger partial charge is 0.497 e. The van der Waals surface area contributed by atoms with E-state index in [1.165, 1.54) is 0 Å². The fraction of sp³-hybridized carbons (Fsp3) is 0.462. The molecule has 1 aromatic rings.